The highest BCUT2D eigenvalue weighted by Crippen LogP contribution is 2.29. The molecule has 0 fully saturated rings. The number of carbonyl (C=O) groups is 1. The van der Waals surface area contributed by atoms with Gasteiger partial charge < -0.3 is 29.0 Å². The second-order valence-corrected chi connectivity index (χ2v) is 13.2. The van der Waals surface area contributed by atoms with E-state index in [9.17, 15) is 4.79 Å². The summed E-state index contributed by atoms with van der Waals surface area (Å²) < 4.78 is 20.2. The minimum absolute atomic E-state index is 0.472. The largest absolute Gasteiger partial charge is 0.493 e. The van der Waals surface area contributed by atoms with Gasteiger partial charge in [-0.3, -0.25) is 0 Å². The molecule has 5 rings (SSSR count). The van der Waals surface area contributed by atoms with Gasteiger partial charge in [-0.05, 0) is 81.2 Å². The first-order valence-corrected chi connectivity index (χ1v) is 17.3. The molecule has 1 N–H and O–H groups in total. The highest BCUT2D eigenvalue weighted by molar-refractivity contribution is 5.78. The van der Waals surface area contributed by atoms with E-state index in [4.69, 9.17) is 19.2 Å². The van der Waals surface area contributed by atoms with E-state index >= 15 is 0 Å². The van der Waals surface area contributed by atoms with Gasteiger partial charge in [-0.15, -0.1) is 0 Å². The maximum absolute atomic E-state index is 13.3. The molecule has 0 aliphatic carbocycles. The quantitative estimate of drug-likeness (QED) is 0.107. The zero-order valence-corrected chi connectivity index (χ0v) is 29.5. The number of alkyl carbamates (subject to hydrolysis) is 1. The second-order valence-electron chi connectivity index (χ2n) is 13.2. The van der Waals surface area contributed by atoms with Gasteiger partial charge in [0.1, 0.15) is 29.5 Å². The lowest BCUT2D eigenvalue weighted by Crippen LogP contribution is -2.37. The Bertz CT molecular complexity index is 1740. The maximum Gasteiger partial charge on any atom is 0.408 e. The molecule has 0 unspecified atom stereocenters. The summed E-state index contributed by atoms with van der Waals surface area (Å²) >= 11 is 0. The highest BCUT2D eigenvalue weighted by atomic mass is 16.6. The molecule has 0 radical (unpaired) electrons. The van der Waals surface area contributed by atoms with Crippen molar-refractivity contribution in [2.24, 2.45) is 0 Å². The number of rotatable bonds is 16. The minimum Gasteiger partial charge on any atom is -0.493 e. The van der Waals surface area contributed by atoms with E-state index in [2.05, 4.69) is 46.8 Å². The third-order valence-electron chi connectivity index (χ3n) is 8.33. The summed E-state index contributed by atoms with van der Waals surface area (Å²) in [6.45, 7) is 14.8. The summed E-state index contributed by atoms with van der Waals surface area (Å²) in [6.07, 6.45) is 0.966. The van der Waals surface area contributed by atoms with Crippen molar-refractivity contribution in [3.63, 3.8) is 0 Å². The van der Waals surface area contributed by atoms with E-state index in [0.29, 0.717) is 26.2 Å². The van der Waals surface area contributed by atoms with Crippen LogP contribution in [0, 0.1) is 0 Å². The molecule has 8 heteroatoms. The van der Waals surface area contributed by atoms with E-state index in [0.717, 1.165) is 71.1 Å². The summed E-state index contributed by atoms with van der Waals surface area (Å²) in [4.78, 5) is 20.8. The number of aromatic nitrogens is 2. The first-order chi connectivity index (χ1) is 23.7. The molecule has 1 aromatic heterocycles. The molecule has 49 heavy (non-hydrogen) atoms. The lowest BCUT2D eigenvalue weighted by molar-refractivity contribution is 0.0500. The SMILES string of the molecule is CCN(CC)CCCOc1ccc2nc([C@@H](Cc3ccc(OCc4ccccc4)cc3)NC(=O)OC(C)(C)C)n(Cc3ccccc3)c2c1. The monoisotopic (exact) mass is 662 g/mol. The fraction of sp³-hybridized carbons (Fsp3) is 0.366. The molecule has 5 aromatic rings. The van der Waals surface area contributed by atoms with Gasteiger partial charge in [0.05, 0.1) is 23.7 Å². The first kappa shape index (κ1) is 35.5. The number of imidazole rings is 1. The van der Waals surface area contributed by atoms with E-state index in [1.807, 2.05) is 106 Å². The zero-order valence-electron chi connectivity index (χ0n) is 29.5. The molecule has 8 nitrogen and oxygen atoms in total. The van der Waals surface area contributed by atoms with Crippen molar-refractivity contribution in [3.05, 3.63) is 126 Å². The Morgan fingerprint density at radius 1 is 0.816 bits per heavy atom. The van der Waals surface area contributed by atoms with Crippen molar-refractivity contribution in [2.45, 2.75) is 72.3 Å². The summed E-state index contributed by atoms with van der Waals surface area (Å²) in [5.41, 5.74) is 4.41. The van der Waals surface area contributed by atoms with Gasteiger partial charge in [0.2, 0.25) is 0 Å². The summed E-state index contributed by atoms with van der Waals surface area (Å²) in [7, 11) is 0. The maximum atomic E-state index is 13.3. The molecule has 1 amide bonds. The van der Waals surface area contributed by atoms with Crippen LogP contribution in [0.15, 0.2) is 103 Å². The third-order valence-corrected chi connectivity index (χ3v) is 8.33. The van der Waals surface area contributed by atoms with E-state index < -0.39 is 17.7 Å². The Balaban J connectivity index is 1.44. The van der Waals surface area contributed by atoms with Gasteiger partial charge in [-0.2, -0.15) is 0 Å². The number of hydrogen-bond donors (Lipinski definition) is 1. The van der Waals surface area contributed by atoms with Crippen LogP contribution in [0.5, 0.6) is 11.5 Å². The summed E-state index contributed by atoms with van der Waals surface area (Å²) in [5, 5.41) is 3.15. The molecule has 0 bridgehead atoms. The van der Waals surface area contributed by atoms with Crippen molar-refractivity contribution >= 4 is 17.1 Å². The molecule has 258 valence electrons. The van der Waals surface area contributed by atoms with E-state index in [1.165, 1.54) is 0 Å². The van der Waals surface area contributed by atoms with E-state index in [1.54, 1.807) is 0 Å². The topological polar surface area (TPSA) is 77.8 Å². The number of ether oxygens (including phenoxy) is 3. The van der Waals surface area contributed by atoms with Crippen LogP contribution < -0.4 is 14.8 Å². The number of amides is 1. The van der Waals surface area contributed by atoms with Crippen molar-refractivity contribution in [2.75, 3.05) is 26.2 Å². The predicted molar refractivity (Wildman–Crippen MR) is 196 cm³/mol. The number of benzene rings is 4. The molecule has 0 aliphatic heterocycles. The molecule has 0 spiro atoms. The average molecular weight is 663 g/mol. The standard InChI is InChI=1S/C41H50N4O4/c1-6-44(7-2)25-14-26-47-35-23-24-36-38(28-35)45(29-32-15-10-8-11-16-32)39(42-36)37(43-40(46)49-41(3,4)5)27-31-19-21-34(22-20-31)48-30-33-17-12-9-13-18-33/h8-13,15-24,28,37H,6-7,14,25-27,29-30H2,1-5H3,(H,43,46)/t37-/m1/s1. The highest BCUT2D eigenvalue weighted by Gasteiger charge is 2.26. The van der Waals surface area contributed by atoms with Crippen LogP contribution in [-0.2, 0) is 24.3 Å². The number of fused-ring (bicyclic) bond motifs is 1. The zero-order chi connectivity index (χ0) is 34.6. The molecular weight excluding hydrogens is 612 g/mol. The predicted octanol–water partition coefficient (Wildman–Crippen LogP) is 8.58. The van der Waals surface area contributed by atoms with Gasteiger partial charge in [0, 0.05) is 25.6 Å². The third kappa shape index (κ3) is 10.6. The van der Waals surface area contributed by atoms with Crippen molar-refractivity contribution in [1.82, 2.24) is 19.8 Å². The van der Waals surface area contributed by atoms with Crippen LogP contribution in [-0.4, -0.2) is 52.4 Å². The number of nitrogens with one attached hydrogen (secondary N) is 1. The number of carbonyl (C=O) groups excluding carboxylic acids is 1. The lowest BCUT2D eigenvalue weighted by Gasteiger charge is -2.24. The van der Waals surface area contributed by atoms with Gasteiger partial charge >= 0.3 is 6.09 Å². The van der Waals surface area contributed by atoms with Crippen LogP contribution >= 0.6 is 0 Å². The normalized spacial score (nSPS) is 12.2. The fourth-order valence-corrected chi connectivity index (χ4v) is 5.78. The van der Waals surface area contributed by atoms with Crippen molar-refractivity contribution < 1.29 is 19.0 Å². The molecule has 1 atom stereocenters. The Morgan fingerprint density at radius 3 is 2.12 bits per heavy atom. The molecule has 1 heterocycles. The number of nitrogens with zero attached hydrogens (tertiary/aromatic N) is 3. The smallest absolute Gasteiger partial charge is 0.408 e. The molecule has 0 aliphatic rings. The lowest BCUT2D eigenvalue weighted by atomic mass is 10.0. The Labute approximate surface area is 291 Å². The van der Waals surface area contributed by atoms with Gasteiger partial charge in [0.15, 0.2) is 0 Å². The summed E-state index contributed by atoms with van der Waals surface area (Å²) in [5.74, 6) is 2.33. The minimum atomic E-state index is -0.645. The van der Waals surface area contributed by atoms with Crippen molar-refractivity contribution in [3.8, 4) is 11.5 Å². The summed E-state index contributed by atoms with van der Waals surface area (Å²) in [6, 6.07) is 34.0. The Kier molecular flexibility index (Phi) is 12.3. The molecule has 4 aromatic carbocycles. The van der Waals surface area contributed by atoms with Crippen LogP contribution in [0.2, 0.25) is 0 Å². The van der Waals surface area contributed by atoms with E-state index in [-0.39, 0.29) is 0 Å². The fourth-order valence-electron chi connectivity index (χ4n) is 5.78. The second kappa shape index (κ2) is 17.0. The Morgan fingerprint density at radius 2 is 1.47 bits per heavy atom. The molecular formula is C41H50N4O4. The Hall–Kier alpha value is -4.82. The van der Waals surface area contributed by atoms with Crippen LogP contribution in [0.25, 0.3) is 11.0 Å². The van der Waals surface area contributed by atoms with Crippen LogP contribution in [0.3, 0.4) is 0 Å². The van der Waals surface area contributed by atoms with Gasteiger partial charge in [-0.1, -0.05) is 86.6 Å². The molecule has 0 saturated heterocycles. The molecule has 0 saturated carbocycles. The number of hydrogen-bond acceptors (Lipinski definition) is 6. The van der Waals surface area contributed by atoms with Crippen LogP contribution in [0.1, 0.15) is 69.6 Å². The van der Waals surface area contributed by atoms with Crippen molar-refractivity contribution in [1.29, 1.82) is 0 Å². The van der Waals surface area contributed by atoms with Crippen LogP contribution in [0.4, 0.5) is 4.79 Å². The van der Waals surface area contributed by atoms with Gasteiger partial charge in [-0.25, -0.2) is 9.78 Å². The average Bonchev–Trinajstić information content (AvgIpc) is 3.45. The van der Waals surface area contributed by atoms with Gasteiger partial charge in [0.25, 0.3) is 0 Å². The first-order valence-electron chi connectivity index (χ1n) is 17.3.